The molecule has 0 aliphatic carbocycles. The summed E-state index contributed by atoms with van der Waals surface area (Å²) in [5.41, 5.74) is 1.55. The van der Waals surface area contributed by atoms with Gasteiger partial charge in [0.15, 0.2) is 0 Å². The largest absolute Gasteiger partial charge is 0.497 e. The van der Waals surface area contributed by atoms with E-state index in [1.807, 2.05) is 12.1 Å². The molecule has 0 unspecified atom stereocenters. The van der Waals surface area contributed by atoms with Crippen LogP contribution in [-0.2, 0) is 0 Å². The lowest BCUT2D eigenvalue weighted by Crippen LogP contribution is -2.47. The molecule has 4 rings (SSSR count). The van der Waals surface area contributed by atoms with Crippen LogP contribution in [0.3, 0.4) is 0 Å². The summed E-state index contributed by atoms with van der Waals surface area (Å²) in [5, 5.41) is 6.98. The molecule has 0 spiro atoms. The molecule has 8 heteroatoms. The summed E-state index contributed by atoms with van der Waals surface area (Å²) >= 11 is 0. The van der Waals surface area contributed by atoms with Crippen molar-refractivity contribution in [3.05, 3.63) is 54.3 Å². The van der Waals surface area contributed by atoms with Crippen LogP contribution in [0.25, 0.3) is 11.4 Å². The number of methoxy groups -OCH3 is 1. The highest BCUT2D eigenvalue weighted by Gasteiger charge is 2.17. The van der Waals surface area contributed by atoms with E-state index >= 15 is 0 Å². The minimum absolute atomic E-state index is 0.249. The lowest BCUT2D eigenvalue weighted by atomic mass is 10.2. The van der Waals surface area contributed by atoms with Crippen LogP contribution in [0, 0.1) is 5.82 Å². The predicted octanol–water partition coefficient (Wildman–Crippen LogP) is 3.12. The van der Waals surface area contributed by atoms with E-state index < -0.39 is 0 Å². The van der Waals surface area contributed by atoms with Crippen LogP contribution in [-0.4, -0.2) is 61.4 Å². The predicted molar refractivity (Wildman–Crippen MR) is 110 cm³/mol. The van der Waals surface area contributed by atoms with Crippen LogP contribution in [0.4, 0.5) is 16.1 Å². The monoisotopic (exact) mass is 397 g/mol. The minimum atomic E-state index is -0.366. The van der Waals surface area contributed by atoms with E-state index in [0.29, 0.717) is 18.1 Å². The van der Waals surface area contributed by atoms with Crippen LogP contribution < -0.4 is 15.0 Å². The molecule has 2 aromatic carbocycles. The Morgan fingerprint density at radius 1 is 1.07 bits per heavy atom. The van der Waals surface area contributed by atoms with Crippen LogP contribution >= 0.6 is 0 Å². The first-order valence-corrected chi connectivity index (χ1v) is 9.67. The first-order chi connectivity index (χ1) is 14.2. The Labute approximate surface area is 169 Å². The first kappa shape index (κ1) is 19.2. The molecule has 0 atom stereocenters. The van der Waals surface area contributed by atoms with Crippen molar-refractivity contribution in [3.8, 4) is 17.1 Å². The molecule has 2 heterocycles. The van der Waals surface area contributed by atoms with Gasteiger partial charge in [-0.25, -0.2) is 4.39 Å². The molecule has 1 aromatic heterocycles. The molecule has 0 amide bonds. The van der Waals surface area contributed by atoms with Gasteiger partial charge in [0, 0.05) is 45.0 Å². The van der Waals surface area contributed by atoms with Gasteiger partial charge in [0.25, 0.3) is 0 Å². The zero-order valence-corrected chi connectivity index (χ0v) is 16.3. The summed E-state index contributed by atoms with van der Waals surface area (Å²) in [7, 11) is 1.68. The van der Waals surface area contributed by atoms with Gasteiger partial charge in [0.05, 0.1) is 12.7 Å². The van der Waals surface area contributed by atoms with Crippen molar-refractivity contribution in [2.45, 2.75) is 0 Å². The molecular formula is C21H24FN5O2. The molecule has 1 N–H and O–H groups in total. The second kappa shape index (κ2) is 8.91. The molecule has 1 aliphatic heterocycles. The summed E-state index contributed by atoms with van der Waals surface area (Å²) in [6, 6.07) is 14.9. The SMILES string of the molecule is COc1ccc(N2CCN(CCNc3nc(-c4ccccc4F)no3)CC2)cc1. The maximum Gasteiger partial charge on any atom is 0.321 e. The maximum atomic E-state index is 13.8. The summed E-state index contributed by atoms with van der Waals surface area (Å²) in [6.45, 7) is 5.47. The van der Waals surface area contributed by atoms with Crippen molar-refractivity contribution in [2.75, 3.05) is 56.6 Å². The van der Waals surface area contributed by atoms with Gasteiger partial charge < -0.3 is 19.5 Å². The molecule has 0 saturated carbocycles. The van der Waals surface area contributed by atoms with E-state index in [9.17, 15) is 4.39 Å². The number of hydrogen-bond donors (Lipinski definition) is 1. The third kappa shape index (κ3) is 4.65. The Morgan fingerprint density at radius 2 is 1.83 bits per heavy atom. The molecular weight excluding hydrogens is 373 g/mol. The van der Waals surface area contributed by atoms with Crippen molar-refractivity contribution < 1.29 is 13.7 Å². The average molecular weight is 397 g/mol. The van der Waals surface area contributed by atoms with E-state index in [1.165, 1.54) is 11.8 Å². The number of nitrogens with one attached hydrogen (secondary N) is 1. The van der Waals surface area contributed by atoms with E-state index in [2.05, 4.69) is 37.4 Å². The molecule has 1 aliphatic rings. The molecule has 1 fully saturated rings. The van der Waals surface area contributed by atoms with Crippen molar-refractivity contribution >= 4 is 11.7 Å². The lowest BCUT2D eigenvalue weighted by molar-refractivity contribution is 0.266. The summed E-state index contributed by atoms with van der Waals surface area (Å²) in [5.74, 6) is 0.755. The van der Waals surface area contributed by atoms with Crippen LogP contribution in [0.1, 0.15) is 0 Å². The number of ether oxygens (including phenoxy) is 1. The van der Waals surface area contributed by atoms with Gasteiger partial charge in [0.2, 0.25) is 5.82 Å². The van der Waals surface area contributed by atoms with Gasteiger partial charge in [-0.15, -0.1) is 0 Å². The smallest absolute Gasteiger partial charge is 0.321 e. The van der Waals surface area contributed by atoms with E-state index in [0.717, 1.165) is 38.5 Å². The van der Waals surface area contributed by atoms with Crippen molar-refractivity contribution in [1.82, 2.24) is 15.0 Å². The molecule has 1 saturated heterocycles. The van der Waals surface area contributed by atoms with Crippen LogP contribution in [0.2, 0.25) is 0 Å². The van der Waals surface area contributed by atoms with E-state index in [-0.39, 0.29) is 11.6 Å². The third-order valence-corrected chi connectivity index (χ3v) is 5.05. The van der Waals surface area contributed by atoms with Gasteiger partial charge in [-0.1, -0.05) is 17.3 Å². The molecule has 7 nitrogen and oxygen atoms in total. The van der Waals surface area contributed by atoms with Gasteiger partial charge in [-0.05, 0) is 36.4 Å². The number of benzene rings is 2. The van der Waals surface area contributed by atoms with Crippen LogP contribution in [0.15, 0.2) is 53.1 Å². The normalized spacial score (nSPS) is 14.8. The Morgan fingerprint density at radius 3 is 2.55 bits per heavy atom. The van der Waals surface area contributed by atoms with E-state index in [1.54, 1.807) is 25.3 Å². The number of hydrogen-bond acceptors (Lipinski definition) is 7. The zero-order chi connectivity index (χ0) is 20.1. The fourth-order valence-corrected chi connectivity index (χ4v) is 3.39. The number of nitrogens with zero attached hydrogens (tertiary/aromatic N) is 4. The Balaban J connectivity index is 1.22. The highest BCUT2D eigenvalue weighted by molar-refractivity contribution is 5.56. The standard InChI is InChI=1S/C21H24FN5O2/c1-28-17-8-6-16(7-9-17)27-14-12-26(13-15-27)11-10-23-21-24-20(25-29-21)18-4-2-3-5-19(18)22/h2-9H,10-15H2,1H3,(H,23,24,25). The topological polar surface area (TPSA) is 66.7 Å². The van der Waals surface area contributed by atoms with Crippen molar-refractivity contribution in [3.63, 3.8) is 0 Å². The molecule has 0 radical (unpaired) electrons. The molecule has 3 aromatic rings. The second-order valence-electron chi connectivity index (χ2n) is 6.86. The van der Waals surface area contributed by atoms with Gasteiger partial charge in [-0.2, -0.15) is 4.98 Å². The number of rotatable bonds is 7. The molecule has 29 heavy (non-hydrogen) atoms. The fraction of sp³-hybridized carbons (Fsp3) is 0.333. The second-order valence-corrected chi connectivity index (χ2v) is 6.86. The van der Waals surface area contributed by atoms with Crippen molar-refractivity contribution in [2.24, 2.45) is 0 Å². The average Bonchev–Trinajstić information content (AvgIpc) is 3.23. The molecule has 152 valence electrons. The molecule has 0 bridgehead atoms. The zero-order valence-electron chi connectivity index (χ0n) is 16.3. The highest BCUT2D eigenvalue weighted by atomic mass is 19.1. The summed E-state index contributed by atoms with van der Waals surface area (Å²) < 4.78 is 24.2. The van der Waals surface area contributed by atoms with E-state index in [4.69, 9.17) is 9.26 Å². The fourth-order valence-electron chi connectivity index (χ4n) is 3.39. The number of aromatic nitrogens is 2. The van der Waals surface area contributed by atoms with Gasteiger partial charge in [0.1, 0.15) is 11.6 Å². The first-order valence-electron chi connectivity index (χ1n) is 9.67. The lowest BCUT2D eigenvalue weighted by Gasteiger charge is -2.36. The quantitative estimate of drug-likeness (QED) is 0.657. The van der Waals surface area contributed by atoms with Crippen LogP contribution in [0.5, 0.6) is 5.75 Å². The number of anilines is 2. The summed E-state index contributed by atoms with van der Waals surface area (Å²) in [4.78, 5) is 8.99. The van der Waals surface area contributed by atoms with Crippen molar-refractivity contribution in [1.29, 1.82) is 0 Å². The minimum Gasteiger partial charge on any atom is -0.497 e. The Bertz CT molecular complexity index is 923. The summed E-state index contributed by atoms with van der Waals surface area (Å²) in [6.07, 6.45) is 0. The third-order valence-electron chi connectivity index (χ3n) is 5.05. The number of piperazine rings is 1. The maximum absolute atomic E-state index is 13.8. The van der Waals surface area contributed by atoms with Gasteiger partial charge >= 0.3 is 6.01 Å². The number of halogens is 1. The Kier molecular flexibility index (Phi) is 5.90. The Hall–Kier alpha value is -3.13. The highest BCUT2D eigenvalue weighted by Crippen LogP contribution is 2.21. The van der Waals surface area contributed by atoms with Gasteiger partial charge in [-0.3, -0.25) is 4.90 Å².